The first-order valence-electron chi connectivity index (χ1n) is 16.1. The molecule has 1 N–H and O–H groups in total. The number of amides is 1. The number of aromatic nitrogens is 3. The van der Waals surface area contributed by atoms with Crippen molar-refractivity contribution >= 4 is 17.9 Å². The van der Waals surface area contributed by atoms with E-state index < -0.39 is 36.2 Å². The van der Waals surface area contributed by atoms with Crippen LogP contribution in [0.15, 0.2) is 72.4 Å². The van der Waals surface area contributed by atoms with E-state index in [1.165, 1.54) is 12.0 Å². The number of pyridine rings is 1. The molecule has 2 saturated heterocycles. The van der Waals surface area contributed by atoms with E-state index in [0.29, 0.717) is 34.2 Å². The lowest BCUT2D eigenvalue weighted by molar-refractivity contribution is -0.137. The molecule has 2 fully saturated rings. The number of carbonyl (C=O) groups excluding carboxylic acids is 1. The number of anilines is 1. The fourth-order valence-electron chi connectivity index (χ4n) is 6.43. The molecule has 7 rings (SSSR count). The first-order valence-corrected chi connectivity index (χ1v) is 16.1. The van der Waals surface area contributed by atoms with E-state index >= 15 is 0 Å². The van der Waals surface area contributed by atoms with Crippen LogP contribution in [0.3, 0.4) is 0 Å². The Kier molecular flexibility index (Phi) is 8.51. The summed E-state index contributed by atoms with van der Waals surface area (Å²) in [6, 6.07) is 10.6. The van der Waals surface area contributed by atoms with Gasteiger partial charge < -0.3 is 19.1 Å². The smallest absolute Gasteiger partial charge is 0.416 e. The Bertz CT molecular complexity index is 2080. The van der Waals surface area contributed by atoms with Gasteiger partial charge in [-0.2, -0.15) is 13.2 Å². The topological polar surface area (TPSA) is 114 Å². The number of rotatable bonds is 8. The minimum Gasteiger partial charge on any atom is -0.481 e. The van der Waals surface area contributed by atoms with E-state index in [1.807, 2.05) is 31.2 Å². The second-order valence-corrected chi connectivity index (χ2v) is 12.7. The van der Waals surface area contributed by atoms with Gasteiger partial charge in [0, 0.05) is 34.6 Å². The number of halogens is 4. The van der Waals surface area contributed by atoms with Crippen molar-refractivity contribution in [2.75, 3.05) is 25.1 Å². The van der Waals surface area contributed by atoms with Crippen LogP contribution in [0, 0.1) is 13.8 Å². The molecule has 3 aliphatic heterocycles. The van der Waals surface area contributed by atoms with Crippen LogP contribution in [-0.4, -0.2) is 64.3 Å². The van der Waals surface area contributed by atoms with Gasteiger partial charge in [-0.1, -0.05) is 17.7 Å². The molecule has 0 bridgehead atoms. The number of aryl methyl sites for hydroxylation is 2. The number of hydrazone groups is 1. The van der Waals surface area contributed by atoms with Gasteiger partial charge in [0.2, 0.25) is 23.6 Å². The summed E-state index contributed by atoms with van der Waals surface area (Å²) in [5, 5.41) is 4.14. The first kappa shape index (κ1) is 33.8. The standard InChI is InChI=1S/C36H33F4N7O4/c1-18-8-23(11-25(9-18)36(38,39)40)31-20(3)47(35(48)51-31)17-30-29(14-42-34(43-30)46-15-26(37)16-46)28-12-24(13-41-33(28)49-5)27-7-6-22(10-19(27)2)32-45-44-21(4)50-32/h6-14,20,26,31,44H,4,15-17H2,1-3,5H3/t20-,31-/m0/s1. The number of benzene rings is 2. The molecular weight excluding hydrogens is 670 g/mol. The molecule has 0 spiro atoms. The minimum atomic E-state index is -4.57. The molecule has 2 atom stereocenters. The molecule has 264 valence electrons. The zero-order valence-corrected chi connectivity index (χ0v) is 28.1. The van der Waals surface area contributed by atoms with Gasteiger partial charge in [0.05, 0.1) is 44.0 Å². The Hall–Kier alpha value is -5.73. The minimum absolute atomic E-state index is 0.0886. The maximum Gasteiger partial charge on any atom is 0.416 e. The van der Waals surface area contributed by atoms with Crippen molar-refractivity contribution in [3.63, 3.8) is 0 Å². The number of hydrogen-bond acceptors (Lipinski definition) is 10. The van der Waals surface area contributed by atoms with Crippen LogP contribution in [0.2, 0.25) is 0 Å². The average molecular weight is 704 g/mol. The summed E-state index contributed by atoms with van der Waals surface area (Å²) in [6.07, 6.45) is -4.01. The molecule has 0 saturated carbocycles. The number of nitrogens with zero attached hydrogens (tertiary/aromatic N) is 6. The molecular formula is C36H33F4N7O4. The van der Waals surface area contributed by atoms with Crippen molar-refractivity contribution < 1.29 is 36.6 Å². The Balaban J connectivity index is 1.25. The predicted octanol–water partition coefficient (Wildman–Crippen LogP) is 6.84. The fraction of sp³-hybridized carbons (Fsp3) is 0.306. The summed E-state index contributed by atoms with van der Waals surface area (Å²) in [6.45, 7) is 9.08. The summed E-state index contributed by atoms with van der Waals surface area (Å²) in [5.74, 6) is 1.27. The van der Waals surface area contributed by atoms with Gasteiger partial charge in [0.1, 0.15) is 12.3 Å². The summed E-state index contributed by atoms with van der Waals surface area (Å²) in [7, 11) is 1.48. The predicted molar refractivity (Wildman–Crippen MR) is 179 cm³/mol. The second-order valence-electron chi connectivity index (χ2n) is 12.7. The molecule has 0 aliphatic carbocycles. The van der Waals surface area contributed by atoms with Gasteiger partial charge in [-0.25, -0.2) is 29.6 Å². The van der Waals surface area contributed by atoms with Crippen LogP contribution >= 0.6 is 0 Å². The molecule has 5 heterocycles. The van der Waals surface area contributed by atoms with Crippen LogP contribution in [-0.2, 0) is 22.2 Å². The molecule has 0 unspecified atom stereocenters. The summed E-state index contributed by atoms with van der Waals surface area (Å²) >= 11 is 0. The lowest BCUT2D eigenvalue weighted by Crippen LogP contribution is -2.49. The van der Waals surface area contributed by atoms with E-state index in [9.17, 15) is 22.4 Å². The lowest BCUT2D eigenvalue weighted by atomic mass is 9.96. The van der Waals surface area contributed by atoms with E-state index in [-0.39, 0.29) is 37.0 Å². The molecule has 2 aromatic heterocycles. The van der Waals surface area contributed by atoms with E-state index in [0.717, 1.165) is 34.4 Å². The molecule has 11 nitrogen and oxygen atoms in total. The highest BCUT2D eigenvalue weighted by molar-refractivity contribution is 5.96. The Morgan fingerprint density at radius 2 is 1.80 bits per heavy atom. The van der Waals surface area contributed by atoms with Crippen LogP contribution in [0.5, 0.6) is 5.88 Å². The van der Waals surface area contributed by atoms with Gasteiger partial charge in [0.25, 0.3) is 0 Å². The zero-order valence-electron chi connectivity index (χ0n) is 28.1. The number of alkyl halides is 4. The van der Waals surface area contributed by atoms with Crippen molar-refractivity contribution in [2.24, 2.45) is 5.10 Å². The summed E-state index contributed by atoms with van der Waals surface area (Å²) in [4.78, 5) is 30.4. The number of cyclic esters (lactones) is 1. The van der Waals surface area contributed by atoms with Crippen molar-refractivity contribution in [1.29, 1.82) is 0 Å². The van der Waals surface area contributed by atoms with Gasteiger partial charge in [-0.15, -0.1) is 5.10 Å². The average Bonchev–Trinajstić information content (AvgIpc) is 3.64. The fourth-order valence-corrected chi connectivity index (χ4v) is 6.43. The van der Waals surface area contributed by atoms with Crippen LogP contribution in [0.1, 0.15) is 46.5 Å². The van der Waals surface area contributed by atoms with Crippen molar-refractivity contribution in [3.05, 3.63) is 101 Å². The lowest BCUT2D eigenvalue weighted by Gasteiger charge is -2.34. The van der Waals surface area contributed by atoms with E-state index in [4.69, 9.17) is 19.2 Å². The normalized spacial score (nSPS) is 19.0. The maximum absolute atomic E-state index is 13.8. The van der Waals surface area contributed by atoms with Crippen LogP contribution in [0.25, 0.3) is 22.3 Å². The second kappa shape index (κ2) is 12.9. The zero-order chi connectivity index (χ0) is 36.2. The Labute approximate surface area is 290 Å². The summed E-state index contributed by atoms with van der Waals surface area (Å²) in [5.41, 5.74) is 7.17. The van der Waals surface area contributed by atoms with Crippen molar-refractivity contribution in [2.45, 2.75) is 51.8 Å². The van der Waals surface area contributed by atoms with Crippen molar-refractivity contribution in [1.82, 2.24) is 25.3 Å². The molecule has 0 radical (unpaired) electrons. The monoisotopic (exact) mass is 703 g/mol. The Morgan fingerprint density at radius 1 is 1.02 bits per heavy atom. The van der Waals surface area contributed by atoms with Crippen LogP contribution in [0.4, 0.5) is 28.3 Å². The third-order valence-electron chi connectivity index (χ3n) is 9.06. The Morgan fingerprint density at radius 3 is 2.47 bits per heavy atom. The summed E-state index contributed by atoms with van der Waals surface area (Å²) < 4.78 is 71.7. The van der Waals surface area contributed by atoms with Gasteiger partial charge in [0.15, 0.2) is 0 Å². The number of nitrogens with one attached hydrogen (secondary N) is 1. The third-order valence-corrected chi connectivity index (χ3v) is 9.06. The molecule has 3 aliphatic rings. The highest BCUT2D eigenvalue weighted by atomic mass is 19.4. The quantitative estimate of drug-likeness (QED) is 0.197. The number of ether oxygens (including phenoxy) is 3. The number of carbonyl (C=O) groups is 1. The third kappa shape index (κ3) is 6.51. The molecule has 15 heteroatoms. The highest BCUT2D eigenvalue weighted by Gasteiger charge is 2.42. The van der Waals surface area contributed by atoms with Crippen LogP contribution < -0.4 is 15.1 Å². The van der Waals surface area contributed by atoms with Gasteiger partial charge >= 0.3 is 12.3 Å². The van der Waals surface area contributed by atoms with Gasteiger partial charge in [-0.3, -0.25) is 4.90 Å². The van der Waals surface area contributed by atoms with E-state index in [1.54, 1.807) is 37.2 Å². The maximum atomic E-state index is 13.8. The van der Waals surface area contributed by atoms with Crippen molar-refractivity contribution in [3.8, 4) is 28.1 Å². The number of methoxy groups -OCH3 is 1. The van der Waals surface area contributed by atoms with Gasteiger partial charge in [-0.05, 0) is 74.4 Å². The largest absolute Gasteiger partial charge is 0.481 e. The molecule has 2 aromatic carbocycles. The SMILES string of the molecule is C=C1NN=C(c2ccc(-c3cnc(OC)c(-c4cnc(N5CC(F)C5)nc4CN4C(=O)O[C@H](c5cc(C)cc(C(F)(F)F)c5)[C@@H]4C)c3)c(C)c2)O1. The molecule has 4 aromatic rings. The van der Waals surface area contributed by atoms with E-state index in [2.05, 4.69) is 27.1 Å². The molecule has 51 heavy (non-hydrogen) atoms. The molecule has 1 amide bonds. The highest BCUT2D eigenvalue weighted by Crippen LogP contribution is 2.40. The first-order chi connectivity index (χ1) is 24.3. The number of hydrogen-bond donors (Lipinski definition) is 1.